The molecule has 226 valence electrons. The number of hydrogen-bond acceptors (Lipinski definition) is 6. The number of benzene rings is 4. The standard InChI is InChI=1S/C36H42N2O4S/c1-36(2,3)42-35(39)38(24-23-37-21-7-6-8-22-37)28-12-14-29(15-13-28)41-34-32(26-9-17-31(43-5)18-10-26)19-11-27-25-30(40-4)16-20-33(27)34/h9-20,25H,6-8,21-24H2,1-5H3. The number of methoxy groups -OCH3 is 1. The van der Waals surface area contributed by atoms with E-state index in [1.54, 1.807) is 23.8 Å². The summed E-state index contributed by atoms with van der Waals surface area (Å²) in [5, 5.41) is 2.03. The first kappa shape index (κ1) is 30.8. The van der Waals surface area contributed by atoms with Gasteiger partial charge in [-0.15, -0.1) is 11.8 Å². The molecule has 1 aliphatic heterocycles. The van der Waals surface area contributed by atoms with Crippen molar-refractivity contribution in [3.8, 4) is 28.4 Å². The van der Waals surface area contributed by atoms with Crippen LogP contribution in [0.2, 0.25) is 0 Å². The number of nitrogens with zero attached hydrogens (tertiary/aromatic N) is 2. The van der Waals surface area contributed by atoms with E-state index in [4.69, 9.17) is 14.2 Å². The summed E-state index contributed by atoms with van der Waals surface area (Å²) in [6, 6.07) is 26.5. The molecule has 0 bridgehead atoms. The molecule has 0 spiro atoms. The molecule has 0 aliphatic carbocycles. The molecule has 1 amide bonds. The smallest absolute Gasteiger partial charge is 0.414 e. The van der Waals surface area contributed by atoms with Crippen molar-refractivity contribution in [1.29, 1.82) is 0 Å². The fourth-order valence-corrected chi connectivity index (χ4v) is 5.80. The van der Waals surface area contributed by atoms with Gasteiger partial charge < -0.3 is 19.1 Å². The quantitative estimate of drug-likeness (QED) is 0.179. The highest BCUT2D eigenvalue weighted by Gasteiger charge is 2.24. The van der Waals surface area contributed by atoms with Gasteiger partial charge >= 0.3 is 6.09 Å². The molecule has 7 heteroatoms. The number of rotatable bonds is 9. The Labute approximate surface area is 259 Å². The zero-order valence-corrected chi connectivity index (χ0v) is 26.7. The number of piperidine rings is 1. The molecule has 4 aromatic carbocycles. The molecule has 0 saturated carbocycles. The Morgan fingerprint density at radius 3 is 2.23 bits per heavy atom. The molecule has 4 aromatic rings. The monoisotopic (exact) mass is 598 g/mol. The maximum atomic E-state index is 13.3. The van der Waals surface area contributed by atoms with Crippen molar-refractivity contribution < 1.29 is 19.0 Å². The number of carbonyl (C=O) groups excluding carboxylic acids is 1. The topological polar surface area (TPSA) is 51.2 Å². The third-order valence-corrected chi connectivity index (χ3v) is 8.39. The van der Waals surface area contributed by atoms with Gasteiger partial charge in [-0.1, -0.05) is 24.6 Å². The summed E-state index contributed by atoms with van der Waals surface area (Å²) in [7, 11) is 1.68. The number of fused-ring (bicyclic) bond motifs is 1. The van der Waals surface area contributed by atoms with Crippen LogP contribution in [-0.2, 0) is 4.74 Å². The first-order valence-corrected chi connectivity index (χ1v) is 16.2. The van der Waals surface area contributed by atoms with E-state index in [1.807, 2.05) is 63.2 Å². The normalized spacial score (nSPS) is 14.0. The Morgan fingerprint density at radius 1 is 0.884 bits per heavy atom. The van der Waals surface area contributed by atoms with Gasteiger partial charge in [0, 0.05) is 34.6 Å². The van der Waals surface area contributed by atoms with Crippen LogP contribution in [0.1, 0.15) is 40.0 Å². The summed E-state index contributed by atoms with van der Waals surface area (Å²) >= 11 is 1.72. The molecule has 5 rings (SSSR count). The van der Waals surface area contributed by atoms with Crippen molar-refractivity contribution in [2.24, 2.45) is 0 Å². The zero-order valence-electron chi connectivity index (χ0n) is 25.9. The first-order chi connectivity index (χ1) is 20.7. The van der Waals surface area contributed by atoms with Crippen molar-refractivity contribution in [1.82, 2.24) is 4.90 Å². The maximum absolute atomic E-state index is 13.3. The SMILES string of the molecule is COc1ccc2c(Oc3ccc(N(CCN4CCCCC4)C(=O)OC(C)(C)C)cc3)c(-c3ccc(SC)cc3)ccc2c1. The van der Waals surface area contributed by atoms with Crippen molar-refractivity contribution in [3.63, 3.8) is 0 Å². The van der Waals surface area contributed by atoms with Gasteiger partial charge in [0.15, 0.2) is 0 Å². The maximum Gasteiger partial charge on any atom is 0.414 e. The fraction of sp³-hybridized carbons (Fsp3) is 0.361. The van der Waals surface area contributed by atoms with Crippen LogP contribution < -0.4 is 14.4 Å². The number of likely N-dealkylation sites (tertiary alicyclic amines) is 1. The van der Waals surface area contributed by atoms with E-state index in [0.29, 0.717) is 12.3 Å². The molecule has 0 radical (unpaired) electrons. The molecule has 1 heterocycles. The van der Waals surface area contributed by atoms with E-state index in [1.165, 1.54) is 24.2 Å². The Balaban J connectivity index is 1.45. The molecule has 1 aliphatic rings. The molecular formula is C36H42N2O4S. The Hall–Kier alpha value is -3.68. The number of anilines is 1. The Morgan fingerprint density at radius 2 is 1.58 bits per heavy atom. The van der Waals surface area contributed by atoms with Crippen LogP contribution >= 0.6 is 11.8 Å². The predicted octanol–water partition coefficient (Wildman–Crippen LogP) is 9.26. The predicted molar refractivity (Wildman–Crippen MR) is 178 cm³/mol. The highest BCUT2D eigenvalue weighted by Crippen LogP contribution is 2.41. The fourth-order valence-electron chi connectivity index (χ4n) is 5.39. The minimum atomic E-state index is -0.578. The Bertz CT molecular complexity index is 1520. The van der Waals surface area contributed by atoms with Gasteiger partial charge in [0.1, 0.15) is 22.8 Å². The number of thioether (sulfide) groups is 1. The minimum absolute atomic E-state index is 0.336. The van der Waals surface area contributed by atoms with Crippen LogP contribution in [0.25, 0.3) is 21.9 Å². The summed E-state index contributed by atoms with van der Waals surface area (Å²) in [5.41, 5.74) is 2.29. The molecule has 0 atom stereocenters. The summed E-state index contributed by atoms with van der Waals surface area (Å²) < 4.78 is 17.9. The lowest BCUT2D eigenvalue weighted by Crippen LogP contribution is -2.42. The second-order valence-electron chi connectivity index (χ2n) is 11.9. The molecular weight excluding hydrogens is 556 g/mol. The summed E-state index contributed by atoms with van der Waals surface area (Å²) in [4.78, 5) is 18.7. The van der Waals surface area contributed by atoms with E-state index >= 15 is 0 Å². The number of hydrogen-bond donors (Lipinski definition) is 0. The molecule has 1 saturated heterocycles. The molecule has 1 fully saturated rings. The number of ether oxygens (including phenoxy) is 3. The van der Waals surface area contributed by atoms with Crippen LogP contribution in [-0.4, -0.2) is 56.1 Å². The van der Waals surface area contributed by atoms with Crippen molar-refractivity contribution >= 4 is 34.3 Å². The van der Waals surface area contributed by atoms with Gasteiger partial charge in [0.25, 0.3) is 0 Å². The lowest BCUT2D eigenvalue weighted by molar-refractivity contribution is 0.0575. The Kier molecular flexibility index (Phi) is 9.83. The van der Waals surface area contributed by atoms with E-state index in [0.717, 1.165) is 58.7 Å². The lowest BCUT2D eigenvalue weighted by atomic mass is 9.99. The van der Waals surface area contributed by atoms with Crippen molar-refractivity contribution in [2.75, 3.05) is 44.4 Å². The molecule has 0 N–H and O–H groups in total. The zero-order chi connectivity index (χ0) is 30.4. The van der Waals surface area contributed by atoms with Crippen LogP contribution in [0, 0.1) is 0 Å². The highest BCUT2D eigenvalue weighted by molar-refractivity contribution is 7.98. The van der Waals surface area contributed by atoms with E-state index < -0.39 is 5.60 Å². The van der Waals surface area contributed by atoms with Crippen LogP contribution in [0.15, 0.2) is 83.8 Å². The second kappa shape index (κ2) is 13.7. The average molecular weight is 599 g/mol. The van der Waals surface area contributed by atoms with E-state index in [2.05, 4.69) is 47.6 Å². The minimum Gasteiger partial charge on any atom is -0.497 e. The van der Waals surface area contributed by atoms with Gasteiger partial charge in [-0.3, -0.25) is 4.90 Å². The van der Waals surface area contributed by atoms with Crippen molar-refractivity contribution in [2.45, 2.75) is 50.5 Å². The van der Waals surface area contributed by atoms with Crippen LogP contribution in [0.3, 0.4) is 0 Å². The summed E-state index contributed by atoms with van der Waals surface area (Å²) in [6.45, 7) is 9.23. The van der Waals surface area contributed by atoms with Gasteiger partial charge in [-0.05, 0) is 125 Å². The first-order valence-electron chi connectivity index (χ1n) is 15.0. The average Bonchev–Trinajstić information content (AvgIpc) is 3.01. The van der Waals surface area contributed by atoms with E-state index in [9.17, 15) is 4.79 Å². The molecule has 6 nitrogen and oxygen atoms in total. The van der Waals surface area contributed by atoms with Crippen molar-refractivity contribution in [3.05, 3.63) is 78.9 Å². The van der Waals surface area contributed by atoms with Gasteiger partial charge in [-0.2, -0.15) is 0 Å². The molecule has 0 aromatic heterocycles. The van der Waals surface area contributed by atoms with Crippen LogP contribution in [0.4, 0.5) is 10.5 Å². The van der Waals surface area contributed by atoms with Crippen LogP contribution in [0.5, 0.6) is 17.2 Å². The largest absolute Gasteiger partial charge is 0.497 e. The van der Waals surface area contributed by atoms with Gasteiger partial charge in [-0.25, -0.2) is 4.79 Å². The summed E-state index contributed by atoms with van der Waals surface area (Å²) in [5.74, 6) is 2.26. The summed E-state index contributed by atoms with van der Waals surface area (Å²) in [6.07, 6.45) is 5.45. The number of carbonyl (C=O) groups is 1. The van der Waals surface area contributed by atoms with Gasteiger partial charge in [0.05, 0.1) is 7.11 Å². The second-order valence-corrected chi connectivity index (χ2v) is 12.8. The third kappa shape index (κ3) is 7.84. The molecule has 0 unspecified atom stereocenters. The third-order valence-electron chi connectivity index (χ3n) is 7.65. The number of amides is 1. The lowest BCUT2D eigenvalue weighted by Gasteiger charge is -2.31. The van der Waals surface area contributed by atoms with Gasteiger partial charge in [0.2, 0.25) is 0 Å². The highest BCUT2D eigenvalue weighted by atomic mass is 32.2. The van der Waals surface area contributed by atoms with E-state index in [-0.39, 0.29) is 6.09 Å². The molecule has 43 heavy (non-hydrogen) atoms.